The summed E-state index contributed by atoms with van der Waals surface area (Å²) in [7, 11) is 4.11. The van der Waals surface area contributed by atoms with E-state index in [4.69, 9.17) is 0 Å². The van der Waals surface area contributed by atoms with Gasteiger partial charge in [-0.2, -0.15) is 0 Å². The first-order chi connectivity index (χ1) is 17.0. The van der Waals surface area contributed by atoms with Crippen molar-refractivity contribution in [3.05, 3.63) is 109 Å². The Morgan fingerprint density at radius 2 is 1.43 bits per heavy atom. The number of nitrogens with zero attached hydrogens (tertiary/aromatic N) is 1. The summed E-state index contributed by atoms with van der Waals surface area (Å²) in [5.41, 5.74) is 0.259. The molecular formula is C28H25N3O2S2. The number of thiophene rings is 1. The third-order valence-electron chi connectivity index (χ3n) is 5.76. The molecule has 0 aliphatic carbocycles. The van der Waals surface area contributed by atoms with E-state index in [1.54, 1.807) is 35.3 Å². The molecule has 0 saturated heterocycles. The molecule has 5 aromatic rings. The number of H-pyrrole nitrogens is 2. The van der Waals surface area contributed by atoms with Gasteiger partial charge in [-0.3, -0.25) is 9.59 Å². The van der Waals surface area contributed by atoms with Crippen molar-refractivity contribution in [3.63, 3.8) is 0 Å². The number of fused-ring (bicyclic) bond motifs is 2. The van der Waals surface area contributed by atoms with Gasteiger partial charge in [0.15, 0.2) is 0 Å². The SMILES string of the molecule is CN(C)CCSc1ccc(/C=c2\[nH]c(=O)/c(=C/c3c4ccccc4cc4ccccc34)[nH]c2=O)s1. The smallest absolute Gasteiger partial charge is 0.272 e. The lowest BCUT2D eigenvalue weighted by Crippen LogP contribution is -2.46. The summed E-state index contributed by atoms with van der Waals surface area (Å²) in [6, 6.07) is 22.3. The van der Waals surface area contributed by atoms with Crippen LogP contribution in [-0.2, 0) is 0 Å². The minimum Gasteiger partial charge on any atom is -0.316 e. The van der Waals surface area contributed by atoms with Crippen LogP contribution in [0.25, 0.3) is 33.7 Å². The Bertz CT molecular complexity index is 1710. The van der Waals surface area contributed by atoms with Gasteiger partial charge >= 0.3 is 0 Å². The topological polar surface area (TPSA) is 69.0 Å². The predicted octanol–water partition coefficient (Wildman–Crippen LogP) is 3.74. The molecular weight excluding hydrogens is 474 g/mol. The van der Waals surface area contributed by atoms with E-state index in [-0.39, 0.29) is 21.8 Å². The summed E-state index contributed by atoms with van der Waals surface area (Å²) in [6.07, 6.45) is 3.51. The molecule has 0 unspecified atom stereocenters. The Hall–Kier alpha value is -3.39. The van der Waals surface area contributed by atoms with Crippen molar-refractivity contribution in [2.75, 3.05) is 26.4 Å². The molecule has 7 heteroatoms. The van der Waals surface area contributed by atoms with Gasteiger partial charge in [0.25, 0.3) is 11.1 Å². The molecule has 5 nitrogen and oxygen atoms in total. The maximum Gasteiger partial charge on any atom is 0.272 e. The summed E-state index contributed by atoms with van der Waals surface area (Å²) < 4.78 is 1.18. The van der Waals surface area contributed by atoms with E-state index in [1.807, 2.05) is 42.5 Å². The van der Waals surface area contributed by atoms with Gasteiger partial charge in [-0.15, -0.1) is 23.1 Å². The van der Waals surface area contributed by atoms with E-state index in [0.717, 1.165) is 44.3 Å². The quantitative estimate of drug-likeness (QED) is 0.276. The van der Waals surface area contributed by atoms with Gasteiger partial charge < -0.3 is 14.9 Å². The fourth-order valence-corrected chi connectivity index (χ4v) is 6.28. The maximum atomic E-state index is 13.0. The van der Waals surface area contributed by atoms with E-state index in [9.17, 15) is 9.59 Å². The third-order valence-corrected chi connectivity index (χ3v) is 8.00. The highest BCUT2D eigenvalue weighted by atomic mass is 32.2. The van der Waals surface area contributed by atoms with Gasteiger partial charge in [-0.25, -0.2) is 0 Å². The fourth-order valence-electron chi connectivity index (χ4n) is 4.01. The van der Waals surface area contributed by atoms with Crippen LogP contribution in [0.5, 0.6) is 0 Å². The molecule has 5 rings (SSSR count). The van der Waals surface area contributed by atoms with Crippen molar-refractivity contribution in [1.29, 1.82) is 0 Å². The van der Waals surface area contributed by atoms with E-state index in [2.05, 4.69) is 53.2 Å². The average molecular weight is 500 g/mol. The molecule has 3 aromatic carbocycles. The first-order valence-electron chi connectivity index (χ1n) is 11.3. The summed E-state index contributed by atoms with van der Waals surface area (Å²) in [5, 5.41) is 4.71. The highest BCUT2D eigenvalue weighted by molar-refractivity contribution is 8.01. The summed E-state index contributed by atoms with van der Waals surface area (Å²) in [6.45, 7) is 0.999. The number of rotatable bonds is 6. The fraction of sp³-hybridized carbons (Fsp3) is 0.143. The van der Waals surface area contributed by atoms with Crippen molar-refractivity contribution in [1.82, 2.24) is 14.9 Å². The van der Waals surface area contributed by atoms with Gasteiger partial charge in [-0.1, -0.05) is 48.5 Å². The van der Waals surface area contributed by atoms with E-state index in [1.165, 1.54) is 4.21 Å². The molecule has 0 aliphatic rings. The van der Waals surface area contributed by atoms with Crippen LogP contribution in [-0.4, -0.2) is 41.3 Å². The molecule has 0 aliphatic heterocycles. The Morgan fingerprint density at radius 1 is 0.829 bits per heavy atom. The Morgan fingerprint density at radius 3 is 2.06 bits per heavy atom. The normalized spacial score (nSPS) is 12.9. The van der Waals surface area contributed by atoms with Crippen molar-refractivity contribution in [3.8, 4) is 0 Å². The van der Waals surface area contributed by atoms with Crippen LogP contribution in [0, 0.1) is 0 Å². The highest BCUT2D eigenvalue weighted by Gasteiger charge is 2.07. The molecule has 0 amide bonds. The Balaban J connectivity index is 1.57. The van der Waals surface area contributed by atoms with Gasteiger partial charge in [-0.05, 0) is 71.6 Å². The Kier molecular flexibility index (Phi) is 6.72. The first-order valence-corrected chi connectivity index (χ1v) is 13.1. The van der Waals surface area contributed by atoms with Crippen molar-refractivity contribution in [2.45, 2.75) is 4.21 Å². The number of nitrogens with one attached hydrogen (secondary N) is 2. The summed E-state index contributed by atoms with van der Waals surface area (Å²) >= 11 is 3.40. The maximum absolute atomic E-state index is 13.0. The molecule has 176 valence electrons. The zero-order valence-electron chi connectivity index (χ0n) is 19.5. The number of thioether (sulfide) groups is 1. The van der Waals surface area contributed by atoms with Crippen LogP contribution >= 0.6 is 23.1 Å². The lowest BCUT2D eigenvalue weighted by molar-refractivity contribution is 0.437. The second kappa shape index (κ2) is 10.1. The molecule has 2 aromatic heterocycles. The summed E-state index contributed by atoms with van der Waals surface area (Å²) in [4.78, 5) is 34.5. The molecule has 0 spiro atoms. The van der Waals surface area contributed by atoms with E-state index < -0.39 is 0 Å². The molecule has 0 fully saturated rings. The van der Waals surface area contributed by atoms with Crippen LogP contribution in [0.15, 0.2) is 80.5 Å². The number of hydrogen-bond acceptors (Lipinski definition) is 5. The van der Waals surface area contributed by atoms with Gasteiger partial charge in [0.05, 0.1) is 4.21 Å². The Labute approximate surface area is 210 Å². The molecule has 0 radical (unpaired) electrons. The molecule has 0 bridgehead atoms. The highest BCUT2D eigenvalue weighted by Crippen LogP contribution is 2.29. The largest absolute Gasteiger partial charge is 0.316 e. The minimum atomic E-state index is -0.329. The summed E-state index contributed by atoms with van der Waals surface area (Å²) in [5.74, 6) is 0.998. The van der Waals surface area contributed by atoms with Crippen LogP contribution in [0.2, 0.25) is 0 Å². The van der Waals surface area contributed by atoms with Gasteiger partial charge in [0, 0.05) is 17.2 Å². The van der Waals surface area contributed by atoms with Crippen molar-refractivity contribution < 1.29 is 0 Å². The van der Waals surface area contributed by atoms with Crippen LogP contribution in [0.3, 0.4) is 0 Å². The number of benzene rings is 3. The minimum absolute atomic E-state index is 0.236. The van der Waals surface area contributed by atoms with Crippen molar-refractivity contribution >= 4 is 56.8 Å². The number of hydrogen-bond donors (Lipinski definition) is 2. The number of aromatic amines is 2. The first kappa shape index (κ1) is 23.4. The lowest BCUT2D eigenvalue weighted by atomic mass is 9.96. The molecule has 35 heavy (non-hydrogen) atoms. The zero-order valence-corrected chi connectivity index (χ0v) is 21.1. The monoisotopic (exact) mass is 499 g/mol. The van der Waals surface area contributed by atoms with Crippen LogP contribution < -0.4 is 21.8 Å². The van der Waals surface area contributed by atoms with Gasteiger partial charge in [0.1, 0.15) is 10.7 Å². The average Bonchev–Trinajstić information content (AvgIpc) is 3.28. The molecule has 2 heterocycles. The van der Waals surface area contributed by atoms with E-state index >= 15 is 0 Å². The van der Waals surface area contributed by atoms with E-state index in [0.29, 0.717) is 0 Å². The van der Waals surface area contributed by atoms with Gasteiger partial charge in [0.2, 0.25) is 0 Å². The standard InChI is InChI=1S/C28H25N3O2S2/c1-31(2)13-14-34-26-12-11-20(35-26)16-24-27(32)30-25(28(33)29-24)17-23-21-9-5-3-7-18(21)15-19-8-4-6-10-22(19)23/h3-12,15-17H,13-14H2,1-2H3,(H,29,33)(H,30,32)/b24-16-,25-17-. The lowest BCUT2D eigenvalue weighted by Gasteiger charge is -2.08. The van der Waals surface area contributed by atoms with Crippen LogP contribution in [0.1, 0.15) is 10.4 Å². The third kappa shape index (κ3) is 5.17. The number of aromatic nitrogens is 2. The zero-order chi connectivity index (χ0) is 24.4. The second-order valence-electron chi connectivity index (χ2n) is 8.57. The molecule has 0 atom stereocenters. The predicted molar refractivity (Wildman–Crippen MR) is 149 cm³/mol. The van der Waals surface area contributed by atoms with Crippen molar-refractivity contribution in [2.24, 2.45) is 0 Å². The van der Waals surface area contributed by atoms with Crippen LogP contribution in [0.4, 0.5) is 0 Å². The molecule has 0 saturated carbocycles. The molecule has 2 N–H and O–H groups in total. The second-order valence-corrected chi connectivity index (χ2v) is 11.1.